The zero-order valence-corrected chi connectivity index (χ0v) is 10.3. The Labute approximate surface area is 92.7 Å². The highest BCUT2D eigenvalue weighted by atomic mass is 16.5. The Bertz CT molecular complexity index is 266. The van der Waals surface area contributed by atoms with Crippen LogP contribution in [0.5, 0.6) is 0 Å². The predicted molar refractivity (Wildman–Crippen MR) is 61.5 cm³/mol. The van der Waals surface area contributed by atoms with E-state index in [1.54, 1.807) is 0 Å². The maximum Gasteiger partial charge on any atom is 0.193 e. The number of ketones is 1. The second kappa shape index (κ2) is 4.38. The standard InChI is InChI=1S/C13H22O2/c1-9-6-12(8-13(4,5)7-9)15-11(3)10(2)14/h9,12H,3,6-8H2,1-2,4-5H3/t9-,12+/m0/s1. The van der Waals surface area contributed by atoms with Crippen molar-refractivity contribution in [3.8, 4) is 0 Å². The Balaban J connectivity index is 2.56. The Morgan fingerprint density at radius 3 is 2.47 bits per heavy atom. The summed E-state index contributed by atoms with van der Waals surface area (Å²) in [4.78, 5) is 11.0. The van der Waals surface area contributed by atoms with Crippen LogP contribution in [0.25, 0.3) is 0 Å². The zero-order valence-electron chi connectivity index (χ0n) is 10.3. The van der Waals surface area contributed by atoms with Crippen molar-refractivity contribution in [3.05, 3.63) is 12.3 Å². The van der Waals surface area contributed by atoms with Gasteiger partial charge in [0.2, 0.25) is 0 Å². The van der Waals surface area contributed by atoms with Crippen LogP contribution in [0.4, 0.5) is 0 Å². The van der Waals surface area contributed by atoms with Gasteiger partial charge in [-0.05, 0) is 30.6 Å². The van der Waals surface area contributed by atoms with Gasteiger partial charge in [-0.15, -0.1) is 0 Å². The number of carbonyl (C=O) groups excluding carboxylic acids is 1. The van der Waals surface area contributed by atoms with Crippen molar-refractivity contribution < 1.29 is 9.53 Å². The third-order valence-electron chi connectivity index (χ3n) is 3.05. The first-order valence-electron chi connectivity index (χ1n) is 5.66. The monoisotopic (exact) mass is 210 g/mol. The van der Waals surface area contributed by atoms with Gasteiger partial charge in [-0.3, -0.25) is 4.79 Å². The van der Waals surface area contributed by atoms with Gasteiger partial charge in [0.05, 0.1) is 6.10 Å². The summed E-state index contributed by atoms with van der Waals surface area (Å²) in [7, 11) is 0. The first-order valence-corrected chi connectivity index (χ1v) is 5.66. The lowest BCUT2D eigenvalue weighted by Gasteiger charge is -2.38. The van der Waals surface area contributed by atoms with Crippen molar-refractivity contribution in [2.45, 2.75) is 53.1 Å². The van der Waals surface area contributed by atoms with Gasteiger partial charge >= 0.3 is 0 Å². The molecule has 1 saturated carbocycles. The molecule has 1 rings (SSSR count). The molecular formula is C13H22O2. The minimum Gasteiger partial charge on any atom is -0.487 e. The Morgan fingerprint density at radius 1 is 1.40 bits per heavy atom. The Hall–Kier alpha value is -0.790. The van der Waals surface area contributed by atoms with Gasteiger partial charge in [0.15, 0.2) is 11.5 Å². The van der Waals surface area contributed by atoms with E-state index in [1.165, 1.54) is 13.3 Å². The highest BCUT2D eigenvalue weighted by Crippen LogP contribution is 2.40. The molecule has 0 N–H and O–H groups in total. The summed E-state index contributed by atoms with van der Waals surface area (Å²) in [6.45, 7) is 11.9. The molecule has 1 fully saturated rings. The first-order chi connectivity index (χ1) is 6.80. The van der Waals surface area contributed by atoms with E-state index >= 15 is 0 Å². The average Bonchev–Trinajstić information content (AvgIpc) is 1.99. The number of allylic oxidation sites excluding steroid dienone is 1. The molecule has 0 aliphatic heterocycles. The van der Waals surface area contributed by atoms with E-state index in [2.05, 4.69) is 27.4 Å². The number of hydrogen-bond acceptors (Lipinski definition) is 2. The summed E-state index contributed by atoms with van der Waals surface area (Å²) in [5, 5.41) is 0. The lowest BCUT2D eigenvalue weighted by molar-refractivity contribution is -0.119. The van der Waals surface area contributed by atoms with Gasteiger partial charge in [0, 0.05) is 6.92 Å². The number of rotatable bonds is 3. The Kier molecular flexibility index (Phi) is 3.58. The van der Waals surface area contributed by atoms with E-state index in [-0.39, 0.29) is 11.9 Å². The van der Waals surface area contributed by atoms with Gasteiger partial charge in [0.1, 0.15) is 0 Å². The van der Waals surface area contributed by atoms with Gasteiger partial charge in [-0.1, -0.05) is 27.4 Å². The molecular weight excluding hydrogens is 188 g/mol. The summed E-state index contributed by atoms with van der Waals surface area (Å²) in [6.07, 6.45) is 3.46. The summed E-state index contributed by atoms with van der Waals surface area (Å²) in [6, 6.07) is 0. The molecule has 2 heteroatoms. The van der Waals surface area contributed by atoms with Crippen LogP contribution in [0.2, 0.25) is 0 Å². The molecule has 0 aromatic rings. The third kappa shape index (κ3) is 3.69. The highest BCUT2D eigenvalue weighted by Gasteiger charge is 2.33. The number of Topliss-reactive ketones (excluding diaryl/α,β-unsaturated/α-hetero) is 1. The van der Waals surface area contributed by atoms with Crippen LogP contribution in [-0.4, -0.2) is 11.9 Å². The zero-order chi connectivity index (χ0) is 11.6. The first kappa shape index (κ1) is 12.3. The smallest absolute Gasteiger partial charge is 0.193 e. The third-order valence-corrected chi connectivity index (χ3v) is 3.05. The fraction of sp³-hybridized carbons (Fsp3) is 0.769. The molecule has 1 aliphatic rings. The average molecular weight is 210 g/mol. The van der Waals surface area contributed by atoms with Crippen LogP contribution in [0, 0.1) is 11.3 Å². The van der Waals surface area contributed by atoms with E-state index in [1.807, 2.05) is 0 Å². The van der Waals surface area contributed by atoms with Crippen molar-refractivity contribution >= 4 is 5.78 Å². The van der Waals surface area contributed by atoms with Crippen molar-refractivity contribution in [1.29, 1.82) is 0 Å². The molecule has 0 heterocycles. The molecule has 0 amide bonds. The minimum atomic E-state index is -0.0639. The van der Waals surface area contributed by atoms with Crippen LogP contribution in [0.15, 0.2) is 12.3 Å². The van der Waals surface area contributed by atoms with Crippen molar-refractivity contribution in [3.63, 3.8) is 0 Å². The van der Waals surface area contributed by atoms with Crippen molar-refractivity contribution in [2.75, 3.05) is 0 Å². The fourth-order valence-corrected chi connectivity index (χ4v) is 2.63. The SMILES string of the molecule is C=C(O[C@@H]1C[C@H](C)CC(C)(C)C1)C(C)=O. The summed E-state index contributed by atoms with van der Waals surface area (Å²) < 4.78 is 5.61. The highest BCUT2D eigenvalue weighted by molar-refractivity contribution is 5.90. The van der Waals surface area contributed by atoms with E-state index in [9.17, 15) is 4.79 Å². The number of ether oxygens (including phenoxy) is 1. The van der Waals surface area contributed by atoms with E-state index in [0.717, 1.165) is 12.8 Å². The molecule has 1 aliphatic carbocycles. The predicted octanol–water partition coefficient (Wildman–Crippen LogP) is 3.32. The normalized spacial score (nSPS) is 29.6. The van der Waals surface area contributed by atoms with Gasteiger partial charge in [-0.2, -0.15) is 0 Å². The lowest BCUT2D eigenvalue weighted by Crippen LogP contribution is -2.32. The molecule has 2 nitrogen and oxygen atoms in total. The topological polar surface area (TPSA) is 26.3 Å². The molecule has 0 spiro atoms. The van der Waals surface area contributed by atoms with E-state index < -0.39 is 0 Å². The van der Waals surface area contributed by atoms with Crippen molar-refractivity contribution in [2.24, 2.45) is 11.3 Å². The van der Waals surface area contributed by atoms with Crippen LogP contribution in [-0.2, 0) is 9.53 Å². The van der Waals surface area contributed by atoms with Crippen LogP contribution in [0.1, 0.15) is 47.0 Å². The molecule has 0 aromatic carbocycles. The molecule has 0 bridgehead atoms. The van der Waals surface area contributed by atoms with Gasteiger partial charge in [0.25, 0.3) is 0 Å². The molecule has 0 unspecified atom stereocenters. The summed E-state index contributed by atoms with van der Waals surface area (Å²) in [5.41, 5.74) is 0.319. The Morgan fingerprint density at radius 2 is 2.00 bits per heavy atom. The largest absolute Gasteiger partial charge is 0.487 e. The molecule has 0 aromatic heterocycles. The van der Waals surface area contributed by atoms with Crippen LogP contribution in [0.3, 0.4) is 0 Å². The maximum absolute atomic E-state index is 11.0. The number of carbonyl (C=O) groups is 1. The second-order valence-corrected chi connectivity index (χ2v) is 5.63. The van der Waals surface area contributed by atoms with E-state index in [4.69, 9.17) is 4.74 Å². The minimum absolute atomic E-state index is 0.0639. The second-order valence-electron chi connectivity index (χ2n) is 5.63. The van der Waals surface area contributed by atoms with Crippen molar-refractivity contribution in [1.82, 2.24) is 0 Å². The molecule has 0 saturated heterocycles. The molecule has 2 atom stereocenters. The molecule has 15 heavy (non-hydrogen) atoms. The summed E-state index contributed by atoms with van der Waals surface area (Å²) >= 11 is 0. The van der Waals surface area contributed by atoms with Crippen LogP contribution >= 0.6 is 0 Å². The summed E-state index contributed by atoms with van der Waals surface area (Å²) in [5.74, 6) is 0.912. The van der Waals surface area contributed by atoms with Crippen LogP contribution < -0.4 is 0 Å². The molecule has 86 valence electrons. The fourth-order valence-electron chi connectivity index (χ4n) is 2.63. The maximum atomic E-state index is 11.0. The quantitative estimate of drug-likeness (QED) is 0.527. The lowest BCUT2D eigenvalue weighted by atomic mass is 9.71. The van der Waals surface area contributed by atoms with Gasteiger partial charge < -0.3 is 4.74 Å². The van der Waals surface area contributed by atoms with E-state index in [0.29, 0.717) is 17.1 Å². The van der Waals surface area contributed by atoms with Gasteiger partial charge in [-0.25, -0.2) is 0 Å². The molecule has 0 radical (unpaired) electrons. The number of hydrogen-bond donors (Lipinski definition) is 0.